The highest BCUT2D eigenvalue weighted by molar-refractivity contribution is 7.92. The van der Waals surface area contributed by atoms with Gasteiger partial charge in [0.05, 0.1) is 16.9 Å². The van der Waals surface area contributed by atoms with Gasteiger partial charge in [0, 0.05) is 25.2 Å². The average Bonchev–Trinajstić information content (AvgIpc) is 2.78. The lowest BCUT2D eigenvalue weighted by atomic mass is 10.1. The van der Waals surface area contributed by atoms with E-state index in [1.165, 1.54) is 17.0 Å². The summed E-state index contributed by atoms with van der Waals surface area (Å²) in [5.41, 5.74) is 1.94. The minimum absolute atomic E-state index is 0.0347. The van der Waals surface area contributed by atoms with Gasteiger partial charge < -0.3 is 10.2 Å². The van der Waals surface area contributed by atoms with Crippen LogP contribution in [0.4, 0.5) is 11.4 Å². The first kappa shape index (κ1) is 28.8. The van der Waals surface area contributed by atoms with E-state index in [1.807, 2.05) is 45.0 Å². The van der Waals surface area contributed by atoms with Gasteiger partial charge in [-0.1, -0.05) is 49.7 Å². The van der Waals surface area contributed by atoms with Crippen LogP contribution >= 0.6 is 0 Å². The predicted octanol–water partition coefficient (Wildman–Crippen LogP) is 3.17. The first-order valence-corrected chi connectivity index (χ1v) is 13.4. The third kappa shape index (κ3) is 7.77. The number of nitro benzene ring substituents is 1. The zero-order valence-electron chi connectivity index (χ0n) is 21.5. The van der Waals surface area contributed by atoms with E-state index in [0.29, 0.717) is 12.1 Å². The normalized spacial score (nSPS) is 12.2. The number of hydrogen-bond acceptors (Lipinski definition) is 6. The number of carbonyl (C=O) groups excluding carboxylic acids is 2. The zero-order chi connectivity index (χ0) is 27.2. The van der Waals surface area contributed by atoms with Crippen LogP contribution in [-0.4, -0.2) is 55.4 Å². The van der Waals surface area contributed by atoms with E-state index in [-0.39, 0.29) is 29.7 Å². The molecule has 0 bridgehead atoms. The van der Waals surface area contributed by atoms with Crippen molar-refractivity contribution in [3.05, 3.63) is 69.3 Å². The Balaban J connectivity index is 2.46. The number of aryl methyl sites for hydroxylation is 2. The van der Waals surface area contributed by atoms with Crippen LogP contribution in [0.15, 0.2) is 42.5 Å². The molecule has 0 unspecified atom stereocenters. The van der Waals surface area contributed by atoms with E-state index >= 15 is 0 Å². The lowest BCUT2D eigenvalue weighted by molar-refractivity contribution is -0.384. The topological polar surface area (TPSA) is 130 Å². The van der Waals surface area contributed by atoms with E-state index < -0.39 is 33.4 Å². The first-order valence-electron chi connectivity index (χ1n) is 11.6. The van der Waals surface area contributed by atoms with Crippen molar-refractivity contribution in [3.8, 4) is 0 Å². The van der Waals surface area contributed by atoms with Crippen LogP contribution in [0.1, 0.15) is 37.5 Å². The van der Waals surface area contributed by atoms with Gasteiger partial charge in [-0.25, -0.2) is 8.42 Å². The molecular weight excluding hydrogens is 484 g/mol. The van der Waals surface area contributed by atoms with Crippen molar-refractivity contribution in [2.24, 2.45) is 5.92 Å². The second-order valence-corrected chi connectivity index (χ2v) is 11.2. The van der Waals surface area contributed by atoms with Gasteiger partial charge in [0.15, 0.2) is 0 Å². The summed E-state index contributed by atoms with van der Waals surface area (Å²) in [7, 11) is -4.00. The Morgan fingerprint density at radius 2 is 1.75 bits per heavy atom. The number of amides is 2. The molecule has 0 heterocycles. The fraction of sp³-hybridized carbons (Fsp3) is 0.440. The molecule has 0 fully saturated rings. The lowest BCUT2D eigenvalue weighted by Crippen LogP contribution is -2.51. The maximum Gasteiger partial charge on any atom is 0.271 e. The van der Waals surface area contributed by atoms with Crippen molar-refractivity contribution in [1.82, 2.24) is 10.2 Å². The Morgan fingerprint density at radius 3 is 2.31 bits per heavy atom. The monoisotopic (exact) mass is 518 g/mol. The Bertz CT molecular complexity index is 1230. The molecule has 0 radical (unpaired) electrons. The van der Waals surface area contributed by atoms with Gasteiger partial charge in [0.1, 0.15) is 12.6 Å². The van der Waals surface area contributed by atoms with E-state index in [4.69, 9.17) is 0 Å². The summed E-state index contributed by atoms with van der Waals surface area (Å²) in [6.07, 6.45) is 0.933. The SMILES string of the molecule is Cc1cccc(CN(C(=O)CN(c2cc([N+](=O)[O-])ccc2C)S(C)(=O)=O)[C@H](C)C(=O)NCC(C)C)c1. The second kappa shape index (κ2) is 12.0. The number of rotatable bonds is 11. The molecule has 2 amide bonds. The number of nitro groups is 1. The molecule has 0 saturated heterocycles. The van der Waals surface area contributed by atoms with Gasteiger partial charge in [-0.3, -0.25) is 24.0 Å². The highest BCUT2D eigenvalue weighted by Crippen LogP contribution is 2.28. The standard InChI is InChI=1S/C25H34N4O6S/c1-17(2)14-26-25(31)20(5)27(15-21-9-7-8-18(3)12-21)24(30)16-28(36(6,34)35)23-13-22(29(32)33)11-10-19(23)4/h7-13,17,20H,14-16H2,1-6H3,(H,26,31)/t20-/m1/s1. The van der Waals surface area contributed by atoms with Crippen LogP contribution < -0.4 is 9.62 Å². The molecule has 36 heavy (non-hydrogen) atoms. The van der Waals surface area contributed by atoms with Crippen LogP contribution in [0.5, 0.6) is 0 Å². The van der Waals surface area contributed by atoms with Crippen LogP contribution in [0.3, 0.4) is 0 Å². The Kier molecular flexibility index (Phi) is 9.57. The van der Waals surface area contributed by atoms with Crippen molar-refractivity contribution in [2.75, 3.05) is 23.7 Å². The Hall–Kier alpha value is -3.47. The van der Waals surface area contributed by atoms with E-state index in [9.17, 15) is 28.1 Å². The molecule has 0 spiro atoms. The maximum atomic E-state index is 13.6. The molecule has 0 aliphatic rings. The molecule has 0 aliphatic carbocycles. The fourth-order valence-electron chi connectivity index (χ4n) is 3.62. The van der Waals surface area contributed by atoms with Crippen LogP contribution in [0.2, 0.25) is 0 Å². The third-order valence-corrected chi connectivity index (χ3v) is 6.77. The highest BCUT2D eigenvalue weighted by Gasteiger charge is 2.31. The molecule has 0 aliphatic heterocycles. The summed E-state index contributed by atoms with van der Waals surface area (Å²) < 4.78 is 26.3. The summed E-state index contributed by atoms with van der Waals surface area (Å²) >= 11 is 0. The largest absolute Gasteiger partial charge is 0.354 e. The third-order valence-electron chi connectivity index (χ3n) is 5.64. The minimum atomic E-state index is -4.00. The average molecular weight is 519 g/mol. The lowest BCUT2D eigenvalue weighted by Gasteiger charge is -2.32. The molecule has 0 saturated carbocycles. The Labute approximate surface area is 212 Å². The molecule has 2 rings (SSSR count). The van der Waals surface area contributed by atoms with Crippen LogP contribution in [0, 0.1) is 29.9 Å². The van der Waals surface area contributed by atoms with Crippen molar-refractivity contribution >= 4 is 33.2 Å². The van der Waals surface area contributed by atoms with Gasteiger partial charge in [-0.05, 0) is 37.8 Å². The molecule has 0 aromatic heterocycles. The van der Waals surface area contributed by atoms with Crippen molar-refractivity contribution in [3.63, 3.8) is 0 Å². The van der Waals surface area contributed by atoms with Gasteiger partial charge in [0.2, 0.25) is 21.8 Å². The van der Waals surface area contributed by atoms with Gasteiger partial charge in [-0.15, -0.1) is 0 Å². The summed E-state index contributed by atoms with van der Waals surface area (Å²) in [6.45, 7) is 8.90. The van der Waals surface area contributed by atoms with Crippen molar-refractivity contribution < 1.29 is 22.9 Å². The maximum absolute atomic E-state index is 13.6. The van der Waals surface area contributed by atoms with E-state index in [0.717, 1.165) is 27.8 Å². The van der Waals surface area contributed by atoms with Gasteiger partial charge in [0.25, 0.3) is 5.69 Å². The number of sulfonamides is 1. The van der Waals surface area contributed by atoms with E-state index in [1.54, 1.807) is 13.8 Å². The van der Waals surface area contributed by atoms with Crippen LogP contribution in [0.25, 0.3) is 0 Å². The molecule has 11 heteroatoms. The molecule has 10 nitrogen and oxygen atoms in total. The minimum Gasteiger partial charge on any atom is -0.354 e. The molecule has 2 aromatic carbocycles. The number of nitrogens with zero attached hydrogens (tertiary/aromatic N) is 3. The summed E-state index contributed by atoms with van der Waals surface area (Å²) in [6, 6.07) is 10.4. The smallest absolute Gasteiger partial charge is 0.271 e. The van der Waals surface area contributed by atoms with Crippen molar-refractivity contribution in [1.29, 1.82) is 0 Å². The van der Waals surface area contributed by atoms with E-state index in [2.05, 4.69) is 5.32 Å². The number of nitrogens with one attached hydrogen (secondary N) is 1. The predicted molar refractivity (Wildman–Crippen MR) is 139 cm³/mol. The summed E-state index contributed by atoms with van der Waals surface area (Å²) in [5.74, 6) is -0.762. The number of anilines is 1. The molecule has 1 N–H and O–H groups in total. The van der Waals surface area contributed by atoms with Gasteiger partial charge >= 0.3 is 0 Å². The second-order valence-electron chi connectivity index (χ2n) is 9.32. The summed E-state index contributed by atoms with van der Waals surface area (Å²) in [4.78, 5) is 38.4. The van der Waals surface area contributed by atoms with Crippen LogP contribution in [-0.2, 0) is 26.2 Å². The number of hydrogen-bond donors (Lipinski definition) is 1. The number of benzene rings is 2. The fourth-order valence-corrected chi connectivity index (χ4v) is 4.52. The van der Waals surface area contributed by atoms with Crippen molar-refractivity contribution in [2.45, 2.75) is 47.2 Å². The molecule has 196 valence electrons. The summed E-state index contributed by atoms with van der Waals surface area (Å²) in [5, 5.41) is 14.1. The quantitative estimate of drug-likeness (QED) is 0.359. The highest BCUT2D eigenvalue weighted by atomic mass is 32.2. The molecule has 1 atom stereocenters. The zero-order valence-corrected chi connectivity index (χ0v) is 22.3. The Morgan fingerprint density at radius 1 is 1.08 bits per heavy atom. The van der Waals surface area contributed by atoms with Gasteiger partial charge in [-0.2, -0.15) is 0 Å². The molecule has 2 aromatic rings. The molecular formula is C25H34N4O6S. The first-order chi connectivity index (χ1) is 16.7. The number of non-ortho nitro benzene ring substituents is 1. The number of carbonyl (C=O) groups is 2.